The first-order chi connectivity index (χ1) is 28.8. The first-order valence-electron chi connectivity index (χ1n) is 20.3. The van der Waals surface area contributed by atoms with Crippen LogP contribution in [-0.4, -0.2) is 68.6 Å². The van der Waals surface area contributed by atoms with Crippen LogP contribution in [0.1, 0.15) is 57.5 Å². The Balaban J connectivity index is 0.981. The number of aromatic nitrogens is 3. The average Bonchev–Trinajstić information content (AvgIpc) is 3.88. The Kier molecular flexibility index (Phi) is 12.6. The summed E-state index contributed by atoms with van der Waals surface area (Å²) in [7, 11) is 0. The van der Waals surface area contributed by atoms with E-state index >= 15 is 0 Å². The summed E-state index contributed by atoms with van der Waals surface area (Å²) in [5.41, 5.74) is 11.2. The Hall–Kier alpha value is -5.70. The lowest BCUT2D eigenvalue weighted by Gasteiger charge is -2.28. The molecule has 59 heavy (non-hydrogen) atoms. The lowest BCUT2D eigenvalue weighted by molar-refractivity contribution is 0.173. The highest BCUT2D eigenvalue weighted by atomic mass is 35.5. The molecular weight excluding hydrogens is 760 g/mol. The molecule has 0 spiro atoms. The fraction of sp³-hybridized carbons (Fsp3) is 0.312. The Labute approximate surface area is 351 Å². The van der Waals surface area contributed by atoms with Crippen LogP contribution < -0.4 is 14.2 Å². The molecule has 6 aromatic rings. The van der Waals surface area contributed by atoms with E-state index in [1.54, 1.807) is 18.5 Å². The molecule has 1 saturated heterocycles. The molecule has 0 aliphatic carbocycles. The number of halogens is 1. The van der Waals surface area contributed by atoms with E-state index in [2.05, 4.69) is 71.1 Å². The molecule has 2 aliphatic rings. The molecule has 302 valence electrons. The van der Waals surface area contributed by atoms with Crippen molar-refractivity contribution in [3.05, 3.63) is 153 Å². The smallest absolute Gasteiger partial charge is 0.142 e. The zero-order valence-corrected chi connectivity index (χ0v) is 34.4. The lowest BCUT2D eigenvalue weighted by atomic mass is 9.93. The number of likely N-dealkylation sites (tertiary alicyclic amines) is 1. The summed E-state index contributed by atoms with van der Waals surface area (Å²) in [5, 5.41) is 24.5. The summed E-state index contributed by atoms with van der Waals surface area (Å²) in [6, 6.07) is 30.5. The first kappa shape index (κ1) is 40.1. The number of hydrogen-bond acceptors (Lipinski definition) is 9. The fourth-order valence-corrected chi connectivity index (χ4v) is 8.37. The van der Waals surface area contributed by atoms with Gasteiger partial charge < -0.3 is 24.2 Å². The van der Waals surface area contributed by atoms with Crippen molar-refractivity contribution in [1.29, 1.82) is 5.26 Å². The third-order valence-electron chi connectivity index (χ3n) is 11.4. The van der Waals surface area contributed by atoms with Gasteiger partial charge in [-0.1, -0.05) is 60.1 Å². The van der Waals surface area contributed by atoms with Crippen LogP contribution >= 0.6 is 11.6 Å². The Morgan fingerprint density at radius 1 is 0.814 bits per heavy atom. The zero-order chi connectivity index (χ0) is 40.7. The average molecular weight is 809 g/mol. The van der Waals surface area contributed by atoms with Crippen LogP contribution in [0.4, 0.5) is 0 Å². The van der Waals surface area contributed by atoms with E-state index in [4.69, 9.17) is 30.9 Å². The first-order valence-corrected chi connectivity index (χ1v) is 20.7. The monoisotopic (exact) mass is 808 g/mol. The SMILES string of the molecule is Cc1c(COc2cc(OCc3cncc(C#N)c3)c(CN3CCc4c(cnn4-c4ccccc4)C3)cc2Cl)cccc1-c1cccc(OCCCN2CC[C@@H](O)C2)c1C. The van der Waals surface area contributed by atoms with Gasteiger partial charge in [0, 0.05) is 86.5 Å². The molecule has 1 fully saturated rings. The van der Waals surface area contributed by atoms with Gasteiger partial charge in [0.2, 0.25) is 0 Å². The second kappa shape index (κ2) is 18.5. The van der Waals surface area contributed by atoms with Gasteiger partial charge >= 0.3 is 0 Å². The summed E-state index contributed by atoms with van der Waals surface area (Å²) in [6.45, 7) is 10.2. The third kappa shape index (κ3) is 9.46. The van der Waals surface area contributed by atoms with Gasteiger partial charge in [-0.05, 0) is 84.8 Å². The molecule has 0 unspecified atom stereocenters. The Morgan fingerprint density at radius 2 is 1.63 bits per heavy atom. The van der Waals surface area contributed by atoms with Crippen LogP contribution in [0.5, 0.6) is 17.2 Å². The molecular formula is C48H49ClN6O4. The van der Waals surface area contributed by atoms with Crippen LogP contribution in [0, 0.1) is 25.2 Å². The van der Waals surface area contributed by atoms with Gasteiger partial charge in [-0.25, -0.2) is 4.68 Å². The number of rotatable bonds is 15. The van der Waals surface area contributed by atoms with Crippen LogP contribution in [-0.2, 0) is 32.7 Å². The number of pyridine rings is 1. The molecule has 0 radical (unpaired) electrons. The standard InChI is InChI=1S/C48H49ClN6O4/c1-33-37(9-6-12-42(33)43-13-7-14-46(34(43)2)57-20-8-17-53-18-15-41(56)30-53)32-59-48-23-47(58-31-36-21-35(24-50)25-51-26-36)38(22-44(48)49)28-54-19-16-45-39(29-54)27-52-55(45)40-10-4-3-5-11-40/h3-7,9-14,21-23,25-27,41,56H,8,15-20,28-32H2,1-2H3/t41-/m1/s1. The Bertz CT molecular complexity index is 2450. The van der Waals surface area contributed by atoms with Gasteiger partial charge in [-0.15, -0.1) is 0 Å². The third-order valence-corrected chi connectivity index (χ3v) is 11.7. The number of para-hydroxylation sites is 1. The van der Waals surface area contributed by atoms with Gasteiger partial charge in [0.05, 0.1) is 35.2 Å². The number of benzene rings is 4. The van der Waals surface area contributed by atoms with Crippen LogP contribution in [0.15, 0.2) is 104 Å². The molecule has 2 aromatic heterocycles. The van der Waals surface area contributed by atoms with E-state index in [1.807, 2.05) is 53.3 Å². The predicted molar refractivity (Wildman–Crippen MR) is 229 cm³/mol. The highest BCUT2D eigenvalue weighted by Gasteiger charge is 2.24. The zero-order valence-electron chi connectivity index (χ0n) is 33.6. The predicted octanol–water partition coefficient (Wildman–Crippen LogP) is 8.63. The number of β-amino-alcohol motifs (C(OH)–C–C–N with tert-alkyl or cyclic N) is 1. The van der Waals surface area contributed by atoms with Gasteiger partial charge in [-0.3, -0.25) is 9.88 Å². The maximum absolute atomic E-state index is 9.84. The Morgan fingerprint density at radius 3 is 2.44 bits per heavy atom. The topological polar surface area (TPSA) is 109 Å². The molecule has 0 bridgehead atoms. The van der Waals surface area contributed by atoms with E-state index in [0.29, 0.717) is 41.8 Å². The molecule has 1 N–H and O–H groups in total. The van der Waals surface area contributed by atoms with Crippen molar-refractivity contribution >= 4 is 11.6 Å². The van der Waals surface area contributed by atoms with E-state index in [-0.39, 0.29) is 12.7 Å². The largest absolute Gasteiger partial charge is 0.493 e. The molecule has 0 saturated carbocycles. The van der Waals surface area contributed by atoms with Crippen molar-refractivity contribution in [2.24, 2.45) is 0 Å². The molecule has 4 heterocycles. The maximum atomic E-state index is 9.84. The van der Waals surface area contributed by atoms with Crippen molar-refractivity contribution in [3.63, 3.8) is 0 Å². The van der Waals surface area contributed by atoms with Crippen LogP contribution in [0.3, 0.4) is 0 Å². The number of aliphatic hydroxyl groups excluding tert-OH is 1. The molecule has 4 aromatic carbocycles. The van der Waals surface area contributed by atoms with Gasteiger partial charge in [-0.2, -0.15) is 10.4 Å². The lowest BCUT2D eigenvalue weighted by Crippen LogP contribution is -2.30. The molecule has 0 amide bonds. The summed E-state index contributed by atoms with van der Waals surface area (Å²) >= 11 is 7.01. The van der Waals surface area contributed by atoms with Crippen molar-refractivity contribution < 1.29 is 19.3 Å². The minimum Gasteiger partial charge on any atom is -0.493 e. The molecule has 1 atom stereocenters. The van der Waals surface area contributed by atoms with Crippen LogP contribution in [0.25, 0.3) is 16.8 Å². The second-order valence-electron chi connectivity index (χ2n) is 15.4. The van der Waals surface area contributed by atoms with E-state index in [9.17, 15) is 10.4 Å². The minimum absolute atomic E-state index is 0.204. The summed E-state index contributed by atoms with van der Waals surface area (Å²) in [6.07, 6.45) is 7.65. The molecule has 11 heteroatoms. The molecule has 8 rings (SSSR count). The number of aliphatic hydroxyl groups is 1. The normalized spacial score (nSPS) is 15.5. The van der Waals surface area contributed by atoms with Crippen LogP contribution in [0.2, 0.25) is 5.02 Å². The summed E-state index contributed by atoms with van der Waals surface area (Å²) in [5.74, 6) is 2.07. The number of ether oxygens (including phenoxy) is 3. The minimum atomic E-state index is -0.204. The highest BCUT2D eigenvalue weighted by Crippen LogP contribution is 2.37. The fourth-order valence-electron chi connectivity index (χ4n) is 8.13. The van der Waals surface area contributed by atoms with E-state index in [0.717, 1.165) is 102 Å². The number of nitriles is 1. The van der Waals surface area contributed by atoms with E-state index < -0.39 is 0 Å². The van der Waals surface area contributed by atoms with Gasteiger partial charge in [0.25, 0.3) is 0 Å². The highest BCUT2D eigenvalue weighted by molar-refractivity contribution is 6.32. The number of nitrogens with zero attached hydrogens (tertiary/aromatic N) is 6. The van der Waals surface area contributed by atoms with Crippen molar-refractivity contribution in [3.8, 4) is 40.1 Å². The number of fused-ring (bicyclic) bond motifs is 1. The molecule has 2 aliphatic heterocycles. The summed E-state index contributed by atoms with van der Waals surface area (Å²) in [4.78, 5) is 8.90. The summed E-state index contributed by atoms with van der Waals surface area (Å²) < 4.78 is 21.3. The van der Waals surface area contributed by atoms with Crippen molar-refractivity contribution in [2.45, 2.75) is 65.5 Å². The quantitative estimate of drug-likeness (QED) is 0.102. The number of hydrogen-bond donors (Lipinski definition) is 1. The van der Waals surface area contributed by atoms with Gasteiger partial charge in [0.1, 0.15) is 36.5 Å². The van der Waals surface area contributed by atoms with E-state index in [1.165, 1.54) is 11.3 Å². The second-order valence-corrected chi connectivity index (χ2v) is 15.9. The molecule has 10 nitrogen and oxygen atoms in total. The van der Waals surface area contributed by atoms with Crippen molar-refractivity contribution in [1.82, 2.24) is 24.6 Å². The van der Waals surface area contributed by atoms with Gasteiger partial charge in [0.15, 0.2) is 0 Å². The van der Waals surface area contributed by atoms with Crippen molar-refractivity contribution in [2.75, 3.05) is 32.8 Å². The maximum Gasteiger partial charge on any atom is 0.142 e.